The van der Waals surface area contributed by atoms with E-state index in [0.29, 0.717) is 19.8 Å². The number of imidazole rings is 1. The number of ether oxygens (including phenoxy) is 3. The van der Waals surface area contributed by atoms with Crippen molar-refractivity contribution in [2.24, 2.45) is 12.2 Å². The zero-order chi connectivity index (χ0) is 24.3. The van der Waals surface area contributed by atoms with Crippen molar-refractivity contribution >= 4 is 18.9 Å². The monoisotopic (exact) mass is 475 g/mol. The second kappa shape index (κ2) is 12.4. The fraction of sp³-hybridized carbons (Fsp3) is 0.450. The second-order valence-electron chi connectivity index (χ2n) is 7.08. The number of rotatable bonds is 10. The molecule has 13 heteroatoms. The molecule has 1 aliphatic heterocycles. The lowest BCUT2D eigenvalue weighted by atomic mass is 10.1. The van der Waals surface area contributed by atoms with Gasteiger partial charge in [0.2, 0.25) is 6.33 Å². The summed E-state index contributed by atoms with van der Waals surface area (Å²) < 4.78 is 59.8. The van der Waals surface area contributed by atoms with Gasteiger partial charge < -0.3 is 36.3 Å². The molecule has 0 radical (unpaired) electrons. The molecule has 0 saturated heterocycles. The average Bonchev–Trinajstić information content (AvgIpc) is 3.35. The van der Waals surface area contributed by atoms with Crippen molar-refractivity contribution in [2.45, 2.75) is 32.3 Å². The topological polar surface area (TPSA) is 75.2 Å². The van der Waals surface area contributed by atoms with Crippen LogP contribution in [0.1, 0.15) is 18.9 Å². The first-order chi connectivity index (χ1) is 15.6. The molecule has 1 unspecified atom stereocenters. The lowest BCUT2D eigenvalue weighted by molar-refractivity contribution is -0.671. The number of aryl methyl sites for hydroxylation is 1. The minimum Gasteiger partial charge on any atom is -0.461 e. The molecule has 0 fully saturated rings. The highest BCUT2D eigenvalue weighted by Gasteiger charge is 2.43. The molecule has 2 heterocycles. The fourth-order valence-electron chi connectivity index (χ4n) is 2.85. The van der Waals surface area contributed by atoms with E-state index in [9.17, 15) is 22.1 Å². The second-order valence-corrected chi connectivity index (χ2v) is 7.08. The maximum Gasteiger partial charge on any atom is 0.673 e. The number of aromatic nitrogens is 2. The Morgan fingerprint density at radius 2 is 1.97 bits per heavy atom. The van der Waals surface area contributed by atoms with Gasteiger partial charge in [0.15, 0.2) is 5.71 Å². The number of hydrogen-bond acceptors (Lipinski definition) is 6. The summed E-state index contributed by atoms with van der Waals surface area (Å²) in [6.07, 6.45) is 6.04. The highest BCUT2D eigenvalue weighted by Crippen LogP contribution is 2.27. The summed E-state index contributed by atoms with van der Waals surface area (Å²) in [7, 11) is -4.05. The van der Waals surface area contributed by atoms with Crippen molar-refractivity contribution < 1.29 is 45.7 Å². The number of benzene rings is 1. The van der Waals surface area contributed by atoms with E-state index in [1.165, 1.54) is 0 Å². The van der Waals surface area contributed by atoms with Crippen LogP contribution in [0.15, 0.2) is 54.2 Å². The van der Waals surface area contributed by atoms with Gasteiger partial charge >= 0.3 is 13.2 Å². The number of carbonyl (C=O) groups excluding carboxylic acids is 1. The largest absolute Gasteiger partial charge is 0.673 e. The minimum atomic E-state index is -6.00. The van der Waals surface area contributed by atoms with E-state index in [4.69, 9.17) is 19.0 Å². The zero-order valence-corrected chi connectivity index (χ0v) is 18.3. The first-order valence-corrected chi connectivity index (χ1v) is 10.2. The molecule has 0 saturated carbocycles. The van der Waals surface area contributed by atoms with E-state index < -0.39 is 19.0 Å². The van der Waals surface area contributed by atoms with Crippen molar-refractivity contribution in [3.05, 3.63) is 54.6 Å². The van der Waals surface area contributed by atoms with Gasteiger partial charge in [0.25, 0.3) is 5.79 Å². The van der Waals surface area contributed by atoms with Crippen molar-refractivity contribution in [3.8, 4) is 0 Å². The van der Waals surface area contributed by atoms with E-state index in [1.54, 1.807) is 6.92 Å². The Kier molecular flexibility index (Phi) is 9.85. The molecule has 1 atom stereocenters. The summed E-state index contributed by atoms with van der Waals surface area (Å²) in [4.78, 5) is 17.5. The molecule has 8 nitrogen and oxygen atoms in total. The smallest absolute Gasteiger partial charge is 0.461 e. The van der Waals surface area contributed by atoms with Gasteiger partial charge in [0.05, 0.1) is 33.3 Å². The minimum absolute atomic E-state index is 0.147. The van der Waals surface area contributed by atoms with Crippen LogP contribution < -0.4 is 4.57 Å². The predicted octanol–water partition coefficient (Wildman–Crippen LogP) is 2.88. The number of halogens is 4. The lowest BCUT2D eigenvalue weighted by Crippen LogP contribution is -2.40. The third-order valence-electron chi connectivity index (χ3n) is 4.24. The van der Waals surface area contributed by atoms with Crippen molar-refractivity contribution in [1.82, 2.24) is 4.57 Å². The molecule has 33 heavy (non-hydrogen) atoms. The van der Waals surface area contributed by atoms with Crippen molar-refractivity contribution in [2.75, 3.05) is 19.8 Å². The standard InChI is InChI=1S/C20H26N3O5.BF4/c1-3-26-19(24)18-13-20(28-21-18,15-25-14-17-7-5-4-6-8-17)27-12-11-23-10-9-22(2)16-23;2-1(3,4)5/h4-10,16H,3,11-15H2,1-2H3;/q+1;-1. The molecule has 0 amide bonds. The van der Waals surface area contributed by atoms with Gasteiger partial charge in [-0.2, -0.15) is 0 Å². The maximum atomic E-state index is 12.0. The summed E-state index contributed by atoms with van der Waals surface area (Å²) in [5.41, 5.74) is 1.25. The third kappa shape index (κ3) is 10.0. The summed E-state index contributed by atoms with van der Waals surface area (Å²) in [6.45, 7) is 3.61. The van der Waals surface area contributed by atoms with Gasteiger partial charge in [-0.15, -0.1) is 0 Å². The molecule has 0 N–H and O–H groups in total. The average molecular weight is 475 g/mol. The maximum absolute atomic E-state index is 12.0. The molecule has 1 aromatic carbocycles. The van der Waals surface area contributed by atoms with Crippen LogP contribution in [0.25, 0.3) is 0 Å². The van der Waals surface area contributed by atoms with Crippen LogP contribution >= 0.6 is 0 Å². The summed E-state index contributed by atoms with van der Waals surface area (Å²) in [5, 5.41) is 3.89. The van der Waals surface area contributed by atoms with Crippen LogP contribution in [0, 0.1) is 0 Å². The fourth-order valence-corrected chi connectivity index (χ4v) is 2.85. The summed E-state index contributed by atoms with van der Waals surface area (Å²) in [5.74, 6) is -1.62. The molecule has 0 spiro atoms. The molecular weight excluding hydrogens is 449 g/mol. The van der Waals surface area contributed by atoms with Crippen molar-refractivity contribution in [1.29, 1.82) is 0 Å². The summed E-state index contributed by atoms with van der Waals surface area (Å²) in [6, 6.07) is 9.83. The molecule has 1 aromatic heterocycles. The van der Waals surface area contributed by atoms with Crippen LogP contribution in [-0.4, -0.2) is 49.1 Å². The van der Waals surface area contributed by atoms with Gasteiger partial charge in [0.1, 0.15) is 25.5 Å². The number of esters is 1. The molecule has 3 rings (SSSR count). The SMILES string of the molecule is CCOC(=O)C1=NOC(COCc2ccccc2)(OCCn2cc[n+](C)c2)C1.F[B-](F)(F)F. The Bertz CT molecular complexity index is 905. The normalized spacial score (nSPS) is 17.6. The van der Waals surface area contributed by atoms with E-state index in [0.717, 1.165) is 5.56 Å². The zero-order valence-electron chi connectivity index (χ0n) is 18.3. The highest BCUT2D eigenvalue weighted by atomic mass is 19.5. The molecule has 2 aromatic rings. The summed E-state index contributed by atoms with van der Waals surface area (Å²) >= 11 is 0. The Balaban J connectivity index is 0.000000696. The van der Waals surface area contributed by atoms with Crippen molar-refractivity contribution in [3.63, 3.8) is 0 Å². The molecule has 1 aliphatic rings. The first kappa shape index (κ1) is 26.3. The van der Waals surface area contributed by atoms with Gasteiger partial charge in [-0.05, 0) is 12.5 Å². The van der Waals surface area contributed by atoms with Gasteiger partial charge in [-0.25, -0.2) is 13.9 Å². The van der Waals surface area contributed by atoms with Gasteiger partial charge in [-0.3, -0.25) is 0 Å². The predicted molar refractivity (Wildman–Crippen MR) is 110 cm³/mol. The number of oxime groups is 1. The number of nitrogens with zero attached hydrogens (tertiary/aromatic N) is 3. The van der Waals surface area contributed by atoms with E-state index in [2.05, 4.69) is 5.16 Å². The lowest BCUT2D eigenvalue weighted by Gasteiger charge is -2.26. The van der Waals surface area contributed by atoms with E-state index in [1.807, 2.05) is 65.2 Å². The third-order valence-corrected chi connectivity index (χ3v) is 4.24. The molecular formula is C20H26BF4N3O5. The van der Waals surface area contributed by atoms with Crippen LogP contribution in [0.5, 0.6) is 0 Å². The van der Waals surface area contributed by atoms with Gasteiger partial charge in [-0.1, -0.05) is 35.5 Å². The molecule has 0 bridgehead atoms. The Morgan fingerprint density at radius 1 is 1.27 bits per heavy atom. The number of carbonyl (C=O) groups is 1. The van der Waals surface area contributed by atoms with Crippen LogP contribution in [-0.2, 0) is 44.0 Å². The molecule has 182 valence electrons. The van der Waals surface area contributed by atoms with Gasteiger partial charge in [0, 0.05) is 0 Å². The highest BCUT2D eigenvalue weighted by molar-refractivity contribution is 6.50. The van der Waals surface area contributed by atoms with E-state index >= 15 is 0 Å². The Labute approximate surface area is 188 Å². The van der Waals surface area contributed by atoms with Crippen LogP contribution in [0.4, 0.5) is 17.3 Å². The van der Waals surface area contributed by atoms with Crippen LogP contribution in [0.3, 0.4) is 0 Å². The Hall–Kier alpha value is -2.93. The molecule has 0 aliphatic carbocycles. The Morgan fingerprint density at radius 3 is 2.58 bits per heavy atom. The first-order valence-electron chi connectivity index (χ1n) is 10.2. The quantitative estimate of drug-likeness (QED) is 0.229. The van der Waals surface area contributed by atoms with Crippen LogP contribution in [0.2, 0.25) is 0 Å². The number of hydrogen-bond donors (Lipinski definition) is 0. The van der Waals surface area contributed by atoms with E-state index in [-0.39, 0.29) is 25.3 Å².